The number of nitrogens with two attached hydrogens (primary N) is 1. The molecule has 1 aliphatic rings. The van der Waals surface area contributed by atoms with Gasteiger partial charge >= 0.3 is 11.9 Å². The lowest BCUT2D eigenvalue weighted by Gasteiger charge is -2.35. The zero-order valence-corrected chi connectivity index (χ0v) is 21.6. The number of aromatic amines is 1. The number of imidazole rings is 1. The molecule has 1 aromatic heterocycles. The van der Waals surface area contributed by atoms with Crippen LogP contribution in [0.15, 0.2) is 95.5 Å². The highest BCUT2D eigenvalue weighted by molar-refractivity contribution is 6.06. The summed E-state index contributed by atoms with van der Waals surface area (Å²) in [4.78, 5) is 35.8. The maximum atomic E-state index is 13.3. The summed E-state index contributed by atoms with van der Waals surface area (Å²) >= 11 is 0. The molecule has 9 heteroatoms. The van der Waals surface area contributed by atoms with Gasteiger partial charge in [-0.15, -0.1) is 0 Å². The van der Waals surface area contributed by atoms with E-state index in [9.17, 15) is 14.9 Å². The third-order valence-electron chi connectivity index (χ3n) is 6.66. The lowest BCUT2D eigenvalue weighted by Crippen LogP contribution is -2.40. The average Bonchev–Trinajstić information content (AvgIpc) is 3.40. The molecule has 0 bridgehead atoms. The second-order valence-electron chi connectivity index (χ2n) is 8.99. The van der Waals surface area contributed by atoms with Crippen molar-refractivity contribution < 1.29 is 19.1 Å². The summed E-state index contributed by atoms with van der Waals surface area (Å²) in [5.74, 6) is -1.85. The van der Waals surface area contributed by atoms with Crippen LogP contribution in [0.1, 0.15) is 17.0 Å². The average molecular weight is 520 g/mol. The van der Waals surface area contributed by atoms with Crippen molar-refractivity contribution in [3.05, 3.63) is 107 Å². The minimum Gasteiger partial charge on any atom is -0.466 e. The molecule has 194 valence electrons. The Morgan fingerprint density at radius 1 is 1.00 bits per heavy atom. The Morgan fingerprint density at radius 3 is 2.33 bits per heavy atom. The normalized spacial score (nSPS) is 15.3. The second-order valence-corrected chi connectivity index (χ2v) is 8.99. The standard InChI is InChI=1S/C30H25N5O4/c1-17-9-11-19(12-10-17)28-33-22-14-13-20(15-23(22)34-28)35-26(30(37)39-3)25(29(36)38-2)24(21(16-31)27(35)32)18-7-5-4-6-8-18/h4-15,24H,32H2,1-3H3,(H,33,34). The zero-order valence-electron chi connectivity index (χ0n) is 21.6. The molecule has 4 aromatic rings. The van der Waals surface area contributed by atoms with E-state index in [1.165, 1.54) is 19.1 Å². The molecular formula is C30H25N5O4. The number of H-pyrrole nitrogens is 1. The number of nitriles is 1. The molecule has 3 N–H and O–H groups in total. The van der Waals surface area contributed by atoms with E-state index in [0.29, 0.717) is 28.1 Å². The fraction of sp³-hybridized carbons (Fsp3) is 0.133. The molecule has 1 unspecified atom stereocenters. The summed E-state index contributed by atoms with van der Waals surface area (Å²) in [5, 5.41) is 10.2. The van der Waals surface area contributed by atoms with Crippen LogP contribution in [0.25, 0.3) is 22.4 Å². The van der Waals surface area contributed by atoms with Crippen molar-refractivity contribution in [3.63, 3.8) is 0 Å². The van der Waals surface area contributed by atoms with Crippen molar-refractivity contribution in [2.45, 2.75) is 12.8 Å². The van der Waals surface area contributed by atoms with E-state index in [1.807, 2.05) is 37.3 Å². The molecule has 3 aromatic carbocycles. The number of methoxy groups -OCH3 is 2. The summed E-state index contributed by atoms with van der Waals surface area (Å²) in [6.07, 6.45) is 0. The van der Waals surface area contributed by atoms with Crippen molar-refractivity contribution in [1.82, 2.24) is 9.97 Å². The van der Waals surface area contributed by atoms with Crippen molar-refractivity contribution in [2.24, 2.45) is 5.73 Å². The number of aryl methyl sites for hydroxylation is 1. The molecule has 9 nitrogen and oxygen atoms in total. The molecular weight excluding hydrogens is 494 g/mol. The number of hydrogen-bond donors (Lipinski definition) is 2. The number of ether oxygens (including phenoxy) is 2. The third-order valence-corrected chi connectivity index (χ3v) is 6.66. The first-order valence-electron chi connectivity index (χ1n) is 12.1. The summed E-state index contributed by atoms with van der Waals surface area (Å²) in [5.41, 5.74) is 11.0. The van der Waals surface area contributed by atoms with Crippen LogP contribution in [-0.4, -0.2) is 36.1 Å². The predicted octanol–water partition coefficient (Wildman–Crippen LogP) is 4.44. The van der Waals surface area contributed by atoms with Crippen molar-refractivity contribution in [3.8, 4) is 17.5 Å². The van der Waals surface area contributed by atoms with E-state index in [2.05, 4.69) is 16.0 Å². The number of carbonyl (C=O) groups excluding carboxylic acids is 2. The number of nitrogens with zero attached hydrogens (tertiary/aromatic N) is 3. The summed E-state index contributed by atoms with van der Waals surface area (Å²) < 4.78 is 10.2. The lowest BCUT2D eigenvalue weighted by molar-refractivity contribution is -0.139. The molecule has 0 radical (unpaired) electrons. The zero-order chi connectivity index (χ0) is 27.7. The molecule has 0 saturated heterocycles. The van der Waals surface area contributed by atoms with Crippen LogP contribution in [0.4, 0.5) is 5.69 Å². The fourth-order valence-electron chi connectivity index (χ4n) is 4.77. The Kier molecular flexibility index (Phi) is 6.61. The van der Waals surface area contributed by atoms with Crippen LogP contribution >= 0.6 is 0 Å². The van der Waals surface area contributed by atoms with Crippen molar-refractivity contribution in [1.29, 1.82) is 5.26 Å². The molecule has 5 rings (SSSR count). The van der Waals surface area contributed by atoms with Crippen molar-refractivity contribution >= 4 is 28.7 Å². The van der Waals surface area contributed by atoms with Crippen LogP contribution in [-0.2, 0) is 19.1 Å². The largest absolute Gasteiger partial charge is 0.466 e. The lowest BCUT2D eigenvalue weighted by atomic mass is 9.81. The molecule has 2 heterocycles. The van der Waals surface area contributed by atoms with E-state index in [1.54, 1.807) is 42.5 Å². The van der Waals surface area contributed by atoms with Gasteiger partial charge in [-0.25, -0.2) is 14.6 Å². The minimum absolute atomic E-state index is 0.00275. The van der Waals surface area contributed by atoms with Gasteiger partial charge < -0.3 is 20.2 Å². The number of allylic oxidation sites excluding steroid dienone is 1. The van der Waals surface area contributed by atoms with Gasteiger partial charge in [0.05, 0.1) is 54.1 Å². The fourth-order valence-corrected chi connectivity index (χ4v) is 4.77. The summed E-state index contributed by atoms with van der Waals surface area (Å²) in [7, 11) is 2.43. The number of carbonyl (C=O) groups is 2. The van der Waals surface area contributed by atoms with E-state index in [0.717, 1.165) is 11.1 Å². The van der Waals surface area contributed by atoms with Gasteiger partial charge in [0.25, 0.3) is 0 Å². The van der Waals surface area contributed by atoms with Gasteiger partial charge in [0.2, 0.25) is 0 Å². The van der Waals surface area contributed by atoms with Crippen LogP contribution in [0.5, 0.6) is 0 Å². The van der Waals surface area contributed by atoms with E-state index >= 15 is 0 Å². The molecule has 1 atom stereocenters. The number of nitrogens with one attached hydrogen (secondary N) is 1. The number of esters is 2. The van der Waals surface area contributed by atoms with Gasteiger partial charge in [0.15, 0.2) is 0 Å². The minimum atomic E-state index is -0.932. The van der Waals surface area contributed by atoms with Gasteiger partial charge in [-0.3, -0.25) is 4.90 Å². The molecule has 39 heavy (non-hydrogen) atoms. The molecule has 0 saturated carbocycles. The number of rotatable bonds is 5. The Morgan fingerprint density at radius 2 is 1.69 bits per heavy atom. The summed E-state index contributed by atoms with van der Waals surface area (Å²) in [6, 6.07) is 24.2. The monoisotopic (exact) mass is 519 g/mol. The smallest absolute Gasteiger partial charge is 0.355 e. The second kappa shape index (κ2) is 10.2. The maximum absolute atomic E-state index is 13.3. The quantitative estimate of drug-likeness (QED) is 0.370. The number of hydrogen-bond acceptors (Lipinski definition) is 8. The molecule has 1 aliphatic heterocycles. The first-order chi connectivity index (χ1) is 18.9. The Labute approximate surface area is 224 Å². The third kappa shape index (κ3) is 4.38. The first kappa shape index (κ1) is 25.3. The number of aromatic nitrogens is 2. The molecule has 0 spiro atoms. The topological polar surface area (TPSA) is 134 Å². The van der Waals surface area contributed by atoms with E-state index < -0.39 is 17.9 Å². The Balaban J connectivity index is 1.73. The molecule has 0 amide bonds. The number of anilines is 1. The van der Waals surface area contributed by atoms with Crippen LogP contribution in [0.3, 0.4) is 0 Å². The van der Waals surface area contributed by atoms with Crippen LogP contribution in [0.2, 0.25) is 0 Å². The molecule has 0 aliphatic carbocycles. The van der Waals surface area contributed by atoms with E-state index in [4.69, 9.17) is 15.2 Å². The number of benzene rings is 3. The van der Waals surface area contributed by atoms with Gasteiger partial charge in [-0.05, 0) is 30.7 Å². The van der Waals surface area contributed by atoms with Gasteiger partial charge in [-0.1, -0.05) is 60.2 Å². The Hall–Kier alpha value is -5.36. The van der Waals surface area contributed by atoms with Crippen LogP contribution < -0.4 is 10.6 Å². The molecule has 0 fully saturated rings. The van der Waals surface area contributed by atoms with E-state index in [-0.39, 0.29) is 22.7 Å². The van der Waals surface area contributed by atoms with Gasteiger partial charge in [-0.2, -0.15) is 5.26 Å². The van der Waals surface area contributed by atoms with Gasteiger partial charge in [0.1, 0.15) is 17.3 Å². The number of fused-ring (bicyclic) bond motifs is 1. The predicted molar refractivity (Wildman–Crippen MR) is 146 cm³/mol. The van der Waals surface area contributed by atoms with Crippen LogP contribution in [0, 0.1) is 18.3 Å². The highest BCUT2D eigenvalue weighted by atomic mass is 16.5. The highest BCUT2D eigenvalue weighted by Gasteiger charge is 2.43. The maximum Gasteiger partial charge on any atom is 0.355 e. The summed E-state index contributed by atoms with van der Waals surface area (Å²) in [6.45, 7) is 2.01. The first-order valence-corrected chi connectivity index (χ1v) is 12.1. The SMILES string of the molecule is COC(=O)C1=C(C(=O)OC)N(c2ccc3nc(-c4ccc(C)cc4)[nH]c3c2)C(N)=C(C#N)C1c1ccccc1. The Bertz CT molecular complexity index is 1690. The van der Waals surface area contributed by atoms with Crippen molar-refractivity contribution in [2.75, 3.05) is 19.1 Å². The highest BCUT2D eigenvalue weighted by Crippen LogP contribution is 2.43. The van der Waals surface area contributed by atoms with Gasteiger partial charge in [0, 0.05) is 5.56 Å².